The summed E-state index contributed by atoms with van der Waals surface area (Å²) in [7, 11) is -4.82. The summed E-state index contributed by atoms with van der Waals surface area (Å²) in [5.41, 5.74) is -1.87. The number of rotatable bonds is 7. The third-order valence-electron chi connectivity index (χ3n) is 5.75. The molecule has 0 radical (unpaired) electrons. The first-order valence-corrected chi connectivity index (χ1v) is 11.6. The summed E-state index contributed by atoms with van der Waals surface area (Å²) >= 11 is 0. The molecule has 1 aliphatic carbocycles. The normalized spacial score (nSPS) is 47.4. The van der Waals surface area contributed by atoms with E-state index in [1.165, 1.54) is 6.92 Å². The molecule has 0 saturated carbocycles. The summed E-state index contributed by atoms with van der Waals surface area (Å²) in [5, 5.41) is 70.0. The fourth-order valence-corrected chi connectivity index (χ4v) is 4.26. The van der Waals surface area contributed by atoms with Crippen LogP contribution in [-0.4, -0.2) is 123 Å². The predicted octanol–water partition coefficient (Wildman–Crippen LogP) is -3.94. The summed E-state index contributed by atoms with van der Waals surface area (Å²) in [6, 6.07) is 1.77. The van der Waals surface area contributed by atoms with Gasteiger partial charge in [-0.2, -0.15) is 13.7 Å². The first-order chi connectivity index (χ1) is 15.8. The van der Waals surface area contributed by atoms with Gasteiger partial charge >= 0.3 is 10.4 Å². The van der Waals surface area contributed by atoms with E-state index in [0.29, 0.717) is 0 Å². The highest BCUT2D eigenvalue weighted by atomic mass is 32.3. The van der Waals surface area contributed by atoms with Gasteiger partial charge in [-0.1, -0.05) is 6.08 Å². The third kappa shape index (κ3) is 5.91. The van der Waals surface area contributed by atoms with Crippen LogP contribution in [0.1, 0.15) is 13.3 Å². The minimum absolute atomic E-state index is 0.407. The largest absolute Gasteiger partial charge is 0.397 e. The van der Waals surface area contributed by atoms with Crippen molar-refractivity contribution in [1.82, 2.24) is 0 Å². The van der Waals surface area contributed by atoms with E-state index in [2.05, 4.69) is 4.18 Å². The SMILES string of the molecule is CC1OC(OCC2OC(OC3(C#N)C=CC(OS(=O)(=O)O)C3)C(O)C(O)C2O)C(O)C(O)C1O. The van der Waals surface area contributed by atoms with E-state index in [1.807, 2.05) is 0 Å². The van der Waals surface area contributed by atoms with Crippen LogP contribution in [0.4, 0.5) is 0 Å². The van der Waals surface area contributed by atoms with Crippen molar-refractivity contribution >= 4 is 10.4 Å². The Morgan fingerprint density at radius 1 is 1.00 bits per heavy atom. The van der Waals surface area contributed by atoms with Gasteiger partial charge < -0.3 is 49.6 Å². The first kappa shape index (κ1) is 27.3. The van der Waals surface area contributed by atoms with Gasteiger partial charge in [-0.15, -0.1) is 0 Å². The molecule has 16 heteroatoms. The van der Waals surface area contributed by atoms with Crippen molar-refractivity contribution in [2.24, 2.45) is 0 Å². The van der Waals surface area contributed by atoms with Gasteiger partial charge in [0.1, 0.15) is 54.9 Å². The van der Waals surface area contributed by atoms with E-state index in [9.17, 15) is 44.3 Å². The van der Waals surface area contributed by atoms with Gasteiger partial charge in [-0.05, 0) is 13.0 Å². The van der Waals surface area contributed by atoms with E-state index >= 15 is 0 Å². The molecule has 2 aliphatic heterocycles. The Morgan fingerprint density at radius 3 is 2.24 bits per heavy atom. The lowest BCUT2D eigenvalue weighted by Gasteiger charge is -2.43. The highest BCUT2D eigenvalue weighted by Gasteiger charge is 2.50. The van der Waals surface area contributed by atoms with Crippen molar-refractivity contribution in [3.05, 3.63) is 12.2 Å². The number of hydrogen-bond acceptors (Lipinski definition) is 14. The molecular weight excluding hydrogens is 486 g/mol. The lowest BCUT2D eigenvalue weighted by molar-refractivity contribution is -0.335. The molecule has 2 saturated heterocycles. The Kier molecular flexibility index (Phi) is 8.32. The second-order valence-corrected chi connectivity index (χ2v) is 9.32. The van der Waals surface area contributed by atoms with Crippen LogP contribution >= 0.6 is 0 Å². The van der Waals surface area contributed by atoms with Crippen LogP contribution in [0.5, 0.6) is 0 Å². The average Bonchev–Trinajstić information content (AvgIpc) is 3.16. The molecule has 0 amide bonds. The maximum atomic E-state index is 10.9. The van der Waals surface area contributed by atoms with Crippen LogP contribution in [-0.2, 0) is 33.5 Å². The third-order valence-corrected chi connectivity index (χ3v) is 6.24. The molecule has 194 valence electrons. The van der Waals surface area contributed by atoms with Crippen molar-refractivity contribution < 1.29 is 66.7 Å². The van der Waals surface area contributed by atoms with Crippen molar-refractivity contribution in [1.29, 1.82) is 5.26 Å². The highest BCUT2D eigenvalue weighted by Crippen LogP contribution is 2.34. The van der Waals surface area contributed by atoms with E-state index in [4.69, 9.17) is 23.5 Å². The summed E-state index contributed by atoms with van der Waals surface area (Å²) < 4.78 is 56.6. The number of nitrogens with zero attached hydrogens (tertiary/aromatic N) is 1. The standard InChI is InChI=1S/C18H27NO14S/c1-7-10(20)12(22)14(24)16(30-7)29-5-9-11(21)13(23)15(25)17(31-9)32-18(6-19)3-2-8(4-18)33-34(26,27)28/h2-3,7-17,20-25H,4-5H2,1H3,(H,26,27,28). The number of aliphatic hydroxyl groups excluding tert-OH is 6. The molecule has 0 aromatic rings. The molecule has 2 heterocycles. The number of ether oxygens (including phenoxy) is 4. The zero-order chi connectivity index (χ0) is 25.4. The molecular formula is C18H27NO14S. The van der Waals surface area contributed by atoms with Crippen molar-refractivity contribution in [3.8, 4) is 6.07 Å². The first-order valence-electron chi connectivity index (χ1n) is 10.2. The maximum absolute atomic E-state index is 10.9. The summed E-state index contributed by atoms with van der Waals surface area (Å²) in [6.07, 6.45) is -14.7. The molecule has 0 spiro atoms. The molecule has 0 aromatic heterocycles. The molecule has 2 fully saturated rings. The van der Waals surface area contributed by atoms with Crippen LogP contribution in [0.15, 0.2) is 12.2 Å². The van der Waals surface area contributed by atoms with Crippen molar-refractivity contribution in [3.63, 3.8) is 0 Å². The zero-order valence-corrected chi connectivity index (χ0v) is 18.6. The molecule has 3 rings (SSSR count). The molecule has 0 bridgehead atoms. The quantitative estimate of drug-likeness (QED) is 0.127. The second kappa shape index (κ2) is 10.4. The van der Waals surface area contributed by atoms with Gasteiger partial charge in [0.15, 0.2) is 18.2 Å². The molecule has 34 heavy (non-hydrogen) atoms. The Bertz CT molecular complexity index is 894. The van der Waals surface area contributed by atoms with Crippen molar-refractivity contribution in [2.45, 2.75) is 86.5 Å². The van der Waals surface area contributed by atoms with Crippen LogP contribution < -0.4 is 0 Å². The van der Waals surface area contributed by atoms with E-state index in [-0.39, 0.29) is 0 Å². The van der Waals surface area contributed by atoms with Gasteiger partial charge in [0, 0.05) is 6.42 Å². The summed E-state index contributed by atoms with van der Waals surface area (Å²) in [6.45, 7) is 0.896. The monoisotopic (exact) mass is 513 g/mol. The lowest BCUT2D eigenvalue weighted by atomic mass is 9.98. The molecule has 12 unspecified atom stereocenters. The Morgan fingerprint density at radius 2 is 1.62 bits per heavy atom. The second-order valence-electron chi connectivity index (χ2n) is 8.27. The Balaban J connectivity index is 1.66. The summed E-state index contributed by atoms with van der Waals surface area (Å²) in [5.74, 6) is 0. The maximum Gasteiger partial charge on any atom is 0.397 e. The highest BCUT2D eigenvalue weighted by molar-refractivity contribution is 7.80. The van der Waals surface area contributed by atoms with Gasteiger partial charge in [0.05, 0.1) is 12.7 Å². The fourth-order valence-electron chi connectivity index (χ4n) is 3.82. The van der Waals surface area contributed by atoms with Crippen LogP contribution in [0.3, 0.4) is 0 Å². The van der Waals surface area contributed by atoms with Crippen LogP contribution in [0, 0.1) is 11.3 Å². The molecule has 15 nitrogen and oxygen atoms in total. The minimum atomic E-state index is -4.82. The average molecular weight is 513 g/mol. The molecule has 12 atom stereocenters. The van der Waals surface area contributed by atoms with Gasteiger partial charge in [-0.25, -0.2) is 4.18 Å². The van der Waals surface area contributed by atoms with Gasteiger partial charge in [0.25, 0.3) is 0 Å². The Hall–Kier alpha value is -1.30. The van der Waals surface area contributed by atoms with Crippen molar-refractivity contribution in [2.75, 3.05) is 6.61 Å². The number of hydrogen-bond donors (Lipinski definition) is 7. The smallest absolute Gasteiger partial charge is 0.388 e. The van der Waals surface area contributed by atoms with E-state index in [1.54, 1.807) is 6.07 Å². The molecule has 7 N–H and O–H groups in total. The molecule has 0 aromatic carbocycles. The predicted molar refractivity (Wildman–Crippen MR) is 105 cm³/mol. The van der Waals surface area contributed by atoms with Crippen LogP contribution in [0.25, 0.3) is 0 Å². The number of nitriles is 1. The lowest BCUT2D eigenvalue weighted by Crippen LogP contribution is -2.62. The minimum Gasteiger partial charge on any atom is -0.388 e. The van der Waals surface area contributed by atoms with Gasteiger partial charge in [-0.3, -0.25) is 4.55 Å². The topological polar surface area (TPSA) is 246 Å². The fraction of sp³-hybridized carbons (Fsp3) is 0.833. The zero-order valence-electron chi connectivity index (χ0n) is 17.8. The van der Waals surface area contributed by atoms with Gasteiger partial charge in [0.2, 0.25) is 0 Å². The number of aliphatic hydroxyl groups is 6. The Labute approximate surface area is 194 Å². The van der Waals surface area contributed by atoms with E-state index < -0.39 is 96.5 Å². The van der Waals surface area contributed by atoms with Crippen LogP contribution in [0.2, 0.25) is 0 Å². The summed E-state index contributed by atoms with van der Waals surface area (Å²) in [4.78, 5) is 0. The van der Waals surface area contributed by atoms with E-state index in [0.717, 1.165) is 12.2 Å². The molecule has 3 aliphatic rings.